The number of nitrogens with one attached hydrogen (secondary N) is 1. The SMILES string of the molecule is CC(C)CNCc1c(Cl)cccc1N1CCC(C)(C)C1. The summed E-state index contributed by atoms with van der Waals surface area (Å²) in [4.78, 5) is 2.48. The Morgan fingerprint density at radius 1 is 1.35 bits per heavy atom. The van der Waals surface area contributed by atoms with E-state index in [0.29, 0.717) is 11.3 Å². The molecule has 0 radical (unpaired) electrons. The number of nitrogens with zero attached hydrogens (tertiary/aromatic N) is 1. The largest absolute Gasteiger partial charge is 0.371 e. The smallest absolute Gasteiger partial charge is 0.0471 e. The molecule has 0 aromatic heterocycles. The molecule has 20 heavy (non-hydrogen) atoms. The summed E-state index contributed by atoms with van der Waals surface area (Å²) in [6.07, 6.45) is 1.25. The van der Waals surface area contributed by atoms with Gasteiger partial charge in [0, 0.05) is 35.9 Å². The summed E-state index contributed by atoms with van der Waals surface area (Å²) in [6.45, 7) is 13.3. The number of rotatable bonds is 5. The lowest BCUT2D eigenvalue weighted by Crippen LogP contribution is -2.26. The average Bonchev–Trinajstić information content (AvgIpc) is 2.71. The van der Waals surface area contributed by atoms with Crippen LogP contribution in [-0.4, -0.2) is 19.6 Å². The molecular formula is C17H27ClN2. The van der Waals surface area contributed by atoms with E-state index < -0.39 is 0 Å². The maximum absolute atomic E-state index is 6.43. The second-order valence-electron chi connectivity index (χ2n) is 7.10. The van der Waals surface area contributed by atoms with Crippen LogP contribution < -0.4 is 10.2 Å². The Morgan fingerprint density at radius 3 is 2.70 bits per heavy atom. The summed E-state index contributed by atoms with van der Waals surface area (Å²) in [6, 6.07) is 6.27. The molecule has 2 nitrogen and oxygen atoms in total. The number of halogens is 1. The molecule has 3 heteroatoms. The van der Waals surface area contributed by atoms with Crippen LogP contribution in [0.15, 0.2) is 18.2 Å². The van der Waals surface area contributed by atoms with E-state index in [1.807, 2.05) is 6.07 Å². The molecular weight excluding hydrogens is 268 g/mol. The number of hydrogen-bond donors (Lipinski definition) is 1. The lowest BCUT2D eigenvalue weighted by atomic mass is 9.93. The Bertz CT molecular complexity index is 454. The summed E-state index contributed by atoms with van der Waals surface area (Å²) >= 11 is 6.43. The Hall–Kier alpha value is -0.730. The zero-order chi connectivity index (χ0) is 14.8. The van der Waals surface area contributed by atoms with Gasteiger partial charge in [0.15, 0.2) is 0 Å². The van der Waals surface area contributed by atoms with Gasteiger partial charge in [-0.2, -0.15) is 0 Å². The normalized spacial score (nSPS) is 18.0. The molecule has 2 rings (SSSR count). The fourth-order valence-electron chi connectivity index (χ4n) is 2.82. The summed E-state index contributed by atoms with van der Waals surface area (Å²) in [5.41, 5.74) is 2.96. The maximum Gasteiger partial charge on any atom is 0.0471 e. The highest BCUT2D eigenvalue weighted by Gasteiger charge is 2.30. The minimum Gasteiger partial charge on any atom is -0.371 e. The molecule has 1 aromatic carbocycles. The van der Waals surface area contributed by atoms with Crippen molar-refractivity contribution in [1.82, 2.24) is 5.32 Å². The van der Waals surface area contributed by atoms with Crippen molar-refractivity contribution in [2.24, 2.45) is 11.3 Å². The third-order valence-corrected chi connectivity index (χ3v) is 4.32. The van der Waals surface area contributed by atoms with Crippen molar-refractivity contribution >= 4 is 17.3 Å². The summed E-state index contributed by atoms with van der Waals surface area (Å²) in [7, 11) is 0. The van der Waals surface area contributed by atoms with Crippen LogP contribution in [0.5, 0.6) is 0 Å². The molecule has 0 unspecified atom stereocenters. The molecule has 0 bridgehead atoms. The Kier molecular flexibility index (Phi) is 4.98. The van der Waals surface area contributed by atoms with Crippen molar-refractivity contribution in [1.29, 1.82) is 0 Å². The van der Waals surface area contributed by atoms with Gasteiger partial charge in [-0.05, 0) is 36.4 Å². The van der Waals surface area contributed by atoms with Gasteiger partial charge in [-0.25, -0.2) is 0 Å². The van der Waals surface area contributed by atoms with Crippen LogP contribution in [0.3, 0.4) is 0 Å². The van der Waals surface area contributed by atoms with E-state index >= 15 is 0 Å². The van der Waals surface area contributed by atoms with Crippen molar-refractivity contribution in [3.8, 4) is 0 Å². The maximum atomic E-state index is 6.43. The van der Waals surface area contributed by atoms with Crippen LogP contribution in [0.4, 0.5) is 5.69 Å². The first-order valence-corrected chi connectivity index (χ1v) is 8.00. The van der Waals surface area contributed by atoms with E-state index in [-0.39, 0.29) is 0 Å². The predicted octanol–water partition coefficient (Wildman–Crippen LogP) is 4.32. The minimum absolute atomic E-state index is 0.408. The Morgan fingerprint density at radius 2 is 2.10 bits per heavy atom. The number of anilines is 1. The highest BCUT2D eigenvalue weighted by Crippen LogP contribution is 2.36. The van der Waals surface area contributed by atoms with E-state index in [1.54, 1.807) is 0 Å². The van der Waals surface area contributed by atoms with E-state index in [9.17, 15) is 0 Å². The fraction of sp³-hybridized carbons (Fsp3) is 0.647. The van der Waals surface area contributed by atoms with Gasteiger partial charge in [0.1, 0.15) is 0 Å². The highest BCUT2D eigenvalue weighted by atomic mass is 35.5. The molecule has 0 saturated carbocycles. The first-order chi connectivity index (χ1) is 9.39. The van der Waals surface area contributed by atoms with Gasteiger partial charge in [-0.3, -0.25) is 0 Å². The Balaban J connectivity index is 2.14. The van der Waals surface area contributed by atoms with Crippen LogP contribution in [0.1, 0.15) is 39.7 Å². The molecule has 0 amide bonds. The van der Waals surface area contributed by atoms with Gasteiger partial charge in [-0.1, -0.05) is 45.4 Å². The zero-order valence-corrected chi connectivity index (χ0v) is 13.9. The molecule has 1 saturated heterocycles. The van der Waals surface area contributed by atoms with Gasteiger partial charge < -0.3 is 10.2 Å². The zero-order valence-electron chi connectivity index (χ0n) is 13.2. The molecule has 1 aliphatic heterocycles. The van der Waals surface area contributed by atoms with Crippen LogP contribution in [0.2, 0.25) is 5.02 Å². The molecule has 1 fully saturated rings. The minimum atomic E-state index is 0.408. The van der Waals surface area contributed by atoms with Crippen molar-refractivity contribution in [2.75, 3.05) is 24.5 Å². The van der Waals surface area contributed by atoms with Crippen molar-refractivity contribution in [2.45, 2.75) is 40.7 Å². The summed E-state index contributed by atoms with van der Waals surface area (Å²) in [5, 5.41) is 4.39. The monoisotopic (exact) mass is 294 g/mol. The lowest BCUT2D eigenvalue weighted by molar-refractivity contribution is 0.418. The lowest BCUT2D eigenvalue weighted by Gasteiger charge is -2.25. The number of benzene rings is 1. The van der Waals surface area contributed by atoms with Crippen molar-refractivity contribution in [3.05, 3.63) is 28.8 Å². The van der Waals surface area contributed by atoms with E-state index in [1.165, 1.54) is 17.7 Å². The van der Waals surface area contributed by atoms with Gasteiger partial charge in [0.2, 0.25) is 0 Å². The molecule has 0 aliphatic carbocycles. The topological polar surface area (TPSA) is 15.3 Å². The molecule has 1 aliphatic rings. The van der Waals surface area contributed by atoms with Crippen molar-refractivity contribution < 1.29 is 0 Å². The van der Waals surface area contributed by atoms with E-state index in [4.69, 9.17) is 11.6 Å². The van der Waals surface area contributed by atoms with Crippen LogP contribution in [0.25, 0.3) is 0 Å². The van der Waals surface area contributed by atoms with Gasteiger partial charge in [0.25, 0.3) is 0 Å². The molecule has 112 valence electrons. The van der Waals surface area contributed by atoms with E-state index in [0.717, 1.165) is 31.2 Å². The molecule has 0 spiro atoms. The molecule has 1 heterocycles. The van der Waals surface area contributed by atoms with Crippen LogP contribution >= 0.6 is 11.6 Å². The Labute approximate surface area is 128 Å². The van der Waals surface area contributed by atoms with Gasteiger partial charge in [-0.15, -0.1) is 0 Å². The molecule has 1 aromatic rings. The standard InChI is InChI=1S/C17H27ClN2/c1-13(2)10-19-11-14-15(18)6-5-7-16(14)20-9-8-17(3,4)12-20/h5-7,13,19H,8-12H2,1-4H3. The molecule has 0 atom stereocenters. The first kappa shape index (κ1) is 15.7. The highest BCUT2D eigenvalue weighted by molar-refractivity contribution is 6.31. The summed E-state index contributed by atoms with van der Waals surface area (Å²) < 4.78 is 0. The van der Waals surface area contributed by atoms with Crippen LogP contribution in [0, 0.1) is 11.3 Å². The third-order valence-electron chi connectivity index (χ3n) is 3.97. The first-order valence-electron chi connectivity index (χ1n) is 7.62. The second kappa shape index (κ2) is 6.36. The summed E-state index contributed by atoms with van der Waals surface area (Å²) in [5.74, 6) is 0.659. The average molecular weight is 295 g/mol. The molecule has 1 N–H and O–H groups in total. The predicted molar refractivity (Wildman–Crippen MR) is 88.6 cm³/mol. The van der Waals surface area contributed by atoms with Crippen molar-refractivity contribution in [3.63, 3.8) is 0 Å². The quantitative estimate of drug-likeness (QED) is 0.870. The third kappa shape index (κ3) is 3.89. The second-order valence-corrected chi connectivity index (χ2v) is 7.51. The fourth-order valence-corrected chi connectivity index (χ4v) is 3.06. The van der Waals surface area contributed by atoms with E-state index in [2.05, 4.69) is 50.0 Å². The number of hydrogen-bond acceptors (Lipinski definition) is 2. The van der Waals surface area contributed by atoms with Gasteiger partial charge in [0.05, 0.1) is 0 Å². The van der Waals surface area contributed by atoms with Crippen LogP contribution in [-0.2, 0) is 6.54 Å². The van der Waals surface area contributed by atoms with Gasteiger partial charge >= 0.3 is 0 Å².